The average molecular weight is 287 g/mol. The van der Waals surface area contributed by atoms with Gasteiger partial charge in [0, 0.05) is 31.9 Å². The maximum absolute atomic E-state index is 5.49. The molecule has 0 amide bonds. The number of benzene rings is 1. The highest BCUT2D eigenvalue weighted by atomic mass is 16.5. The molecule has 112 valence electrons. The molecular weight excluding hydrogens is 266 g/mol. The number of hydrogen-bond donors (Lipinski definition) is 1. The Kier molecular flexibility index (Phi) is 4.47. The molecule has 6 heteroatoms. The van der Waals surface area contributed by atoms with Gasteiger partial charge in [0.15, 0.2) is 5.82 Å². The Morgan fingerprint density at radius 2 is 1.95 bits per heavy atom. The van der Waals surface area contributed by atoms with E-state index in [1.165, 1.54) is 5.69 Å². The molecule has 1 aromatic heterocycles. The summed E-state index contributed by atoms with van der Waals surface area (Å²) in [6.45, 7) is 5.19. The van der Waals surface area contributed by atoms with Crippen molar-refractivity contribution in [3.8, 4) is 0 Å². The van der Waals surface area contributed by atoms with E-state index in [-0.39, 0.29) is 0 Å². The molecule has 6 nitrogen and oxygen atoms in total. The molecule has 2 N–H and O–H groups in total. The fraction of sp³-hybridized carbons (Fsp3) is 0.467. The zero-order valence-corrected chi connectivity index (χ0v) is 12.1. The smallest absolute Gasteiger partial charge is 0.240 e. The van der Waals surface area contributed by atoms with E-state index in [2.05, 4.69) is 50.3 Å². The Hall–Kier alpha value is -1.92. The summed E-state index contributed by atoms with van der Waals surface area (Å²) < 4.78 is 5.05. The second-order valence-corrected chi connectivity index (χ2v) is 5.26. The van der Waals surface area contributed by atoms with Crippen molar-refractivity contribution >= 4 is 5.69 Å². The molecule has 1 aliphatic heterocycles. The van der Waals surface area contributed by atoms with Crippen LogP contribution >= 0.6 is 0 Å². The van der Waals surface area contributed by atoms with Gasteiger partial charge in [0.2, 0.25) is 5.89 Å². The van der Waals surface area contributed by atoms with E-state index in [9.17, 15) is 0 Å². The van der Waals surface area contributed by atoms with Crippen molar-refractivity contribution in [3.63, 3.8) is 0 Å². The van der Waals surface area contributed by atoms with Crippen LogP contribution < -0.4 is 10.6 Å². The Morgan fingerprint density at radius 3 is 2.71 bits per heavy atom. The van der Waals surface area contributed by atoms with Crippen LogP contribution in [0.15, 0.2) is 34.9 Å². The van der Waals surface area contributed by atoms with E-state index < -0.39 is 0 Å². The molecule has 1 aliphatic rings. The lowest BCUT2D eigenvalue weighted by Crippen LogP contribution is -2.30. The molecule has 1 aromatic carbocycles. The van der Waals surface area contributed by atoms with Crippen LogP contribution in [0.25, 0.3) is 0 Å². The number of aromatic nitrogens is 2. The van der Waals surface area contributed by atoms with E-state index in [0.29, 0.717) is 12.4 Å². The Labute approximate surface area is 124 Å². The van der Waals surface area contributed by atoms with Crippen LogP contribution in [0.1, 0.15) is 18.1 Å². The zero-order chi connectivity index (χ0) is 14.5. The van der Waals surface area contributed by atoms with E-state index in [0.717, 1.165) is 45.0 Å². The highest BCUT2D eigenvalue weighted by molar-refractivity contribution is 5.46. The van der Waals surface area contributed by atoms with Crippen LogP contribution in [0.5, 0.6) is 0 Å². The number of nitrogens with zero attached hydrogens (tertiary/aromatic N) is 4. The molecule has 2 heterocycles. The monoisotopic (exact) mass is 287 g/mol. The fourth-order valence-corrected chi connectivity index (χ4v) is 2.66. The molecule has 1 saturated heterocycles. The van der Waals surface area contributed by atoms with Gasteiger partial charge in [-0.15, -0.1) is 0 Å². The summed E-state index contributed by atoms with van der Waals surface area (Å²) in [5.41, 5.74) is 6.78. The number of hydrogen-bond acceptors (Lipinski definition) is 6. The number of anilines is 1. The summed E-state index contributed by atoms with van der Waals surface area (Å²) in [7, 11) is 0. The molecule has 1 fully saturated rings. The summed E-state index contributed by atoms with van der Waals surface area (Å²) in [6.07, 6.45) is 1.14. The molecule has 0 bridgehead atoms. The lowest BCUT2D eigenvalue weighted by Gasteiger charge is -2.23. The molecule has 21 heavy (non-hydrogen) atoms. The van der Waals surface area contributed by atoms with E-state index in [4.69, 9.17) is 10.3 Å². The van der Waals surface area contributed by atoms with Gasteiger partial charge in [0.25, 0.3) is 0 Å². The van der Waals surface area contributed by atoms with Crippen LogP contribution in [-0.2, 0) is 13.1 Å². The summed E-state index contributed by atoms with van der Waals surface area (Å²) in [4.78, 5) is 9.07. The lowest BCUT2D eigenvalue weighted by atomic mass is 10.3. The summed E-state index contributed by atoms with van der Waals surface area (Å²) in [6, 6.07) is 10.6. The first-order chi connectivity index (χ1) is 10.3. The molecule has 0 atom stereocenters. The lowest BCUT2D eigenvalue weighted by molar-refractivity contribution is 0.271. The summed E-state index contributed by atoms with van der Waals surface area (Å²) in [5, 5.41) is 3.97. The van der Waals surface area contributed by atoms with Gasteiger partial charge < -0.3 is 15.2 Å². The fourth-order valence-electron chi connectivity index (χ4n) is 2.66. The van der Waals surface area contributed by atoms with Crippen molar-refractivity contribution in [2.75, 3.05) is 31.1 Å². The number of nitrogens with two attached hydrogens (primary N) is 1. The normalized spacial score (nSPS) is 16.9. The predicted octanol–water partition coefficient (Wildman–Crippen LogP) is 1.24. The van der Waals surface area contributed by atoms with Crippen LogP contribution in [-0.4, -0.2) is 41.2 Å². The first-order valence-corrected chi connectivity index (χ1v) is 7.39. The van der Waals surface area contributed by atoms with Crippen LogP contribution in [0.2, 0.25) is 0 Å². The van der Waals surface area contributed by atoms with E-state index in [1.54, 1.807) is 0 Å². The van der Waals surface area contributed by atoms with Crippen molar-refractivity contribution in [1.29, 1.82) is 0 Å². The van der Waals surface area contributed by atoms with Gasteiger partial charge in [0.1, 0.15) is 0 Å². The third kappa shape index (κ3) is 3.59. The van der Waals surface area contributed by atoms with E-state index in [1.807, 2.05) is 0 Å². The first kappa shape index (κ1) is 14.0. The standard InChI is InChI=1S/C15H21N5O/c16-11-15-17-14(18-21-15)12-19-7-4-8-20(10-9-19)13-5-2-1-3-6-13/h1-3,5-6H,4,7-12,16H2. The minimum Gasteiger partial charge on any atom is -0.370 e. The topological polar surface area (TPSA) is 71.4 Å². The van der Waals surface area contributed by atoms with Crippen LogP contribution in [0.4, 0.5) is 5.69 Å². The molecule has 0 aliphatic carbocycles. The molecule has 0 spiro atoms. The summed E-state index contributed by atoms with van der Waals surface area (Å²) in [5.74, 6) is 1.23. The Morgan fingerprint density at radius 1 is 1.10 bits per heavy atom. The molecule has 2 aromatic rings. The first-order valence-electron chi connectivity index (χ1n) is 7.39. The van der Waals surface area contributed by atoms with Gasteiger partial charge in [-0.2, -0.15) is 4.98 Å². The minimum atomic E-state index is 0.300. The van der Waals surface area contributed by atoms with Gasteiger partial charge in [-0.1, -0.05) is 23.4 Å². The second kappa shape index (κ2) is 6.69. The van der Waals surface area contributed by atoms with Crippen LogP contribution in [0.3, 0.4) is 0 Å². The van der Waals surface area contributed by atoms with Gasteiger partial charge in [-0.25, -0.2) is 0 Å². The molecule has 0 unspecified atom stereocenters. The largest absolute Gasteiger partial charge is 0.370 e. The van der Waals surface area contributed by atoms with Gasteiger partial charge >= 0.3 is 0 Å². The van der Waals surface area contributed by atoms with Crippen molar-refractivity contribution < 1.29 is 4.52 Å². The van der Waals surface area contributed by atoms with Gasteiger partial charge in [-0.3, -0.25) is 4.90 Å². The second-order valence-electron chi connectivity index (χ2n) is 5.26. The average Bonchev–Trinajstić information content (AvgIpc) is 2.85. The van der Waals surface area contributed by atoms with Crippen molar-refractivity contribution in [1.82, 2.24) is 15.0 Å². The minimum absolute atomic E-state index is 0.300. The van der Waals surface area contributed by atoms with Crippen LogP contribution in [0, 0.1) is 0 Å². The van der Waals surface area contributed by atoms with Gasteiger partial charge in [0.05, 0.1) is 13.1 Å². The zero-order valence-electron chi connectivity index (χ0n) is 12.1. The Bertz CT molecular complexity index is 556. The Balaban J connectivity index is 1.58. The third-order valence-corrected chi connectivity index (χ3v) is 3.76. The molecule has 0 radical (unpaired) electrons. The van der Waals surface area contributed by atoms with Crippen molar-refractivity contribution in [2.24, 2.45) is 5.73 Å². The molecule has 0 saturated carbocycles. The summed E-state index contributed by atoms with van der Waals surface area (Å²) >= 11 is 0. The van der Waals surface area contributed by atoms with E-state index >= 15 is 0 Å². The van der Waals surface area contributed by atoms with Gasteiger partial charge in [-0.05, 0) is 18.6 Å². The predicted molar refractivity (Wildman–Crippen MR) is 80.7 cm³/mol. The molecular formula is C15H21N5O. The highest BCUT2D eigenvalue weighted by Gasteiger charge is 2.17. The maximum Gasteiger partial charge on any atom is 0.240 e. The highest BCUT2D eigenvalue weighted by Crippen LogP contribution is 2.16. The number of para-hydroxylation sites is 1. The quantitative estimate of drug-likeness (QED) is 0.912. The third-order valence-electron chi connectivity index (χ3n) is 3.76. The maximum atomic E-state index is 5.49. The SMILES string of the molecule is NCc1nc(CN2CCCN(c3ccccc3)CC2)no1. The van der Waals surface area contributed by atoms with Crippen molar-refractivity contribution in [3.05, 3.63) is 42.0 Å². The number of rotatable bonds is 4. The van der Waals surface area contributed by atoms with Crippen molar-refractivity contribution in [2.45, 2.75) is 19.5 Å². The molecule has 3 rings (SSSR count).